The van der Waals surface area contributed by atoms with Gasteiger partial charge in [-0.3, -0.25) is 14.2 Å². The predicted molar refractivity (Wildman–Crippen MR) is 134 cm³/mol. The highest BCUT2D eigenvalue weighted by Gasteiger charge is 2.23. The van der Waals surface area contributed by atoms with Crippen molar-refractivity contribution in [2.45, 2.75) is 38.5 Å². The third-order valence-corrected chi connectivity index (χ3v) is 8.87. The van der Waals surface area contributed by atoms with E-state index in [9.17, 15) is 14.0 Å². The van der Waals surface area contributed by atoms with E-state index in [1.54, 1.807) is 28.0 Å². The third kappa shape index (κ3) is 4.13. The molecule has 1 aliphatic rings. The molecule has 33 heavy (non-hydrogen) atoms. The highest BCUT2D eigenvalue weighted by atomic mass is 32.2. The van der Waals surface area contributed by atoms with Crippen molar-refractivity contribution in [3.63, 3.8) is 0 Å². The summed E-state index contributed by atoms with van der Waals surface area (Å²) in [6.45, 7) is 5.69. The topological polar surface area (TPSA) is 55.2 Å². The van der Waals surface area contributed by atoms with Crippen molar-refractivity contribution in [2.24, 2.45) is 0 Å². The van der Waals surface area contributed by atoms with Crippen LogP contribution < -0.4 is 5.56 Å². The van der Waals surface area contributed by atoms with Crippen LogP contribution in [0.25, 0.3) is 21.3 Å². The lowest BCUT2D eigenvalue weighted by atomic mass is 10.0. The molecular weight excluding hydrogens is 477 g/mol. The van der Waals surface area contributed by atoms with Crippen molar-refractivity contribution in [1.29, 1.82) is 0 Å². The molecule has 1 aromatic carbocycles. The van der Waals surface area contributed by atoms with Crippen molar-refractivity contribution in [2.75, 3.05) is 12.3 Å². The number of nitrogens with zero attached hydrogens (tertiary/aromatic N) is 3. The SMILES string of the molecule is CCn1c(SCC(=O)N2CCc3sccc3C2)nc2sc(C)c(-c3ccc(F)cc3)c2c1=O. The summed E-state index contributed by atoms with van der Waals surface area (Å²) in [6.07, 6.45) is 0.897. The molecule has 5 nitrogen and oxygen atoms in total. The second-order valence-electron chi connectivity index (χ2n) is 7.89. The molecule has 1 aliphatic heterocycles. The van der Waals surface area contributed by atoms with Gasteiger partial charge in [-0.25, -0.2) is 9.37 Å². The van der Waals surface area contributed by atoms with Gasteiger partial charge in [0.25, 0.3) is 5.56 Å². The maximum atomic E-state index is 13.5. The number of thioether (sulfide) groups is 1. The second kappa shape index (κ2) is 9.04. The molecule has 0 N–H and O–H groups in total. The maximum Gasteiger partial charge on any atom is 0.263 e. The van der Waals surface area contributed by atoms with Gasteiger partial charge in [-0.1, -0.05) is 23.9 Å². The first-order valence-electron chi connectivity index (χ1n) is 10.7. The van der Waals surface area contributed by atoms with Gasteiger partial charge >= 0.3 is 0 Å². The van der Waals surface area contributed by atoms with Crippen LogP contribution in [0.5, 0.6) is 0 Å². The van der Waals surface area contributed by atoms with Crippen molar-refractivity contribution >= 4 is 50.6 Å². The van der Waals surface area contributed by atoms with Gasteiger partial charge in [0.05, 0.1) is 11.1 Å². The number of aryl methyl sites for hydroxylation is 1. The van der Waals surface area contributed by atoms with Crippen LogP contribution in [0.4, 0.5) is 4.39 Å². The maximum absolute atomic E-state index is 13.5. The van der Waals surface area contributed by atoms with E-state index in [4.69, 9.17) is 4.98 Å². The summed E-state index contributed by atoms with van der Waals surface area (Å²) in [4.78, 5) is 36.0. The number of hydrogen-bond donors (Lipinski definition) is 0. The molecule has 5 rings (SSSR count). The number of carbonyl (C=O) groups is 1. The standard InChI is InChI=1S/C24H22FN3O2S3/c1-3-28-23(30)21-20(15-4-6-17(25)7-5-15)14(2)33-22(21)26-24(28)32-13-19(29)27-10-8-18-16(12-27)9-11-31-18/h4-7,9,11H,3,8,10,12-13H2,1-2H3. The first-order chi connectivity index (χ1) is 16.0. The lowest BCUT2D eigenvalue weighted by molar-refractivity contribution is -0.129. The molecule has 4 heterocycles. The van der Waals surface area contributed by atoms with E-state index in [1.807, 2.05) is 18.7 Å². The molecule has 3 aromatic heterocycles. The number of fused-ring (bicyclic) bond motifs is 2. The van der Waals surface area contributed by atoms with Crippen molar-refractivity contribution in [3.05, 3.63) is 67.2 Å². The number of thiophene rings is 2. The fourth-order valence-electron chi connectivity index (χ4n) is 4.21. The number of amides is 1. The minimum absolute atomic E-state index is 0.0585. The van der Waals surface area contributed by atoms with Crippen LogP contribution in [0.3, 0.4) is 0 Å². The van der Waals surface area contributed by atoms with Gasteiger partial charge in [-0.2, -0.15) is 0 Å². The minimum Gasteiger partial charge on any atom is -0.337 e. The summed E-state index contributed by atoms with van der Waals surface area (Å²) >= 11 is 4.52. The summed E-state index contributed by atoms with van der Waals surface area (Å²) in [7, 11) is 0. The van der Waals surface area contributed by atoms with Gasteiger partial charge in [-0.05, 0) is 55.0 Å². The molecule has 0 aliphatic carbocycles. The Bertz CT molecular complexity index is 1410. The molecule has 0 fully saturated rings. The Kier molecular flexibility index (Phi) is 6.11. The first-order valence-corrected chi connectivity index (χ1v) is 13.4. The van der Waals surface area contributed by atoms with Crippen LogP contribution in [0.2, 0.25) is 0 Å². The average Bonchev–Trinajstić information content (AvgIpc) is 3.41. The molecule has 0 atom stereocenters. The highest BCUT2D eigenvalue weighted by Crippen LogP contribution is 2.36. The van der Waals surface area contributed by atoms with Crippen LogP contribution >= 0.6 is 34.4 Å². The normalized spacial score (nSPS) is 13.5. The number of halogens is 1. The first kappa shape index (κ1) is 22.3. The Balaban J connectivity index is 1.44. The molecule has 1 amide bonds. The van der Waals surface area contributed by atoms with E-state index in [-0.39, 0.29) is 23.0 Å². The van der Waals surface area contributed by atoms with E-state index < -0.39 is 0 Å². The van der Waals surface area contributed by atoms with Crippen LogP contribution in [0.15, 0.2) is 45.7 Å². The Labute approximate surface area is 202 Å². The zero-order valence-electron chi connectivity index (χ0n) is 18.3. The summed E-state index contributed by atoms with van der Waals surface area (Å²) in [6, 6.07) is 8.28. The second-order valence-corrected chi connectivity index (χ2v) is 11.0. The summed E-state index contributed by atoms with van der Waals surface area (Å²) in [5.74, 6) is -0.0115. The molecule has 9 heteroatoms. The molecule has 0 unspecified atom stereocenters. The number of rotatable bonds is 5. The number of carbonyl (C=O) groups excluding carboxylic acids is 1. The Hall–Kier alpha value is -2.49. The van der Waals surface area contributed by atoms with Crippen molar-refractivity contribution in [1.82, 2.24) is 14.5 Å². The van der Waals surface area contributed by atoms with Crippen molar-refractivity contribution in [3.8, 4) is 11.1 Å². The van der Waals surface area contributed by atoms with Gasteiger partial charge in [0.1, 0.15) is 10.6 Å². The summed E-state index contributed by atoms with van der Waals surface area (Å²) < 4.78 is 15.1. The highest BCUT2D eigenvalue weighted by molar-refractivity contribution is 7.99. The fraction of sp³-hybridized carbons (Fsp3) is 0.292. The molecule has 0 radical (unpaired) electrons. The monoisotopic (exact) mass is 499 g/mol. The van der Waals surface area contributed by atoms with Crippen LogP contribution in [-0.4, -0.2) is 32.7 Å². The fourth-order valence-corrected chi connectivity index (χ4v) is 7.15. The number of aromatic nitrogens is 2. The lowest BCUT2D eigenvalue weighted by Gasteiger charge is -2.27. The van der Waals surface area contributed by atoms with Crippen LogP contribution in [0, 0.1) is 12.7 Å². The molecule has 0 spiro atoms. The number of benzene rings is 1. The largest absolute Gasteiger partial charge is 0.337 e. The van der Waals surface area contributed by atoms with E-state index in [1.165, 1.54) is 45.7 Å². The van der Waals surface area contributed by atoms with Gasteiger partial charge < -0.3 is 4.90 Å². The predicted octanol–water partition coefficient (Wildman–Crippen LogP) is 5.33. The molecule has 0 saturated heterocycles. The zero-order chi connectivity index (χ0) is 23.1. The Morgan fingerprint density at radius 2 is 2.03 bits per heavy atom. The molecule has 4 aromatic rings. The summed E-state index contributed by atoms with van der Waals surface area (Å²) in [5.41, 5.74) is 2.72. The molecule has 0 saturated carbocycles. The van der Waals surface area contributed by atoms with E-state index in [2.05, 4.69) is 11.4 Å². The zero-order valence-corrected chi connectivity index (χ0v) is 20.7. The quantitative estimate of drug-likeness (QED) is 0.275. The van der Waals surface area contributed by atoms with E-state index in [0.717, 1.165) is 29.0 Å². The van der Waals surface area contributed by atoms with Crippen LogP contribution in [-0.2, 0) is 24.3 Å². The Morgan fingerprint density at radius 3 is 2.79 bits per heavy atom. The smallest absolute Gasteiger partial charge is 0.263 e. The summed E-state index contributed by atoms with van der Waals surface area (Å²) in [5, 5.41) is 3.20. The average molecular weight is 500 g/mol. The van der Waals surface area contributed by atoms with E-state index in [0.29, 0.717) is 28.5 Å². The number of hydrogen-bond acceptors (Lipinski definition) is 6. The molecule has 0 bridgehead atoms. The van der Waals surface area contributed by atoms with Crippen molar-refractivity contribution < 1.29 is 9.18 Å². The van der Waals surface area contributed by atoms with Gasteiger partial charge in [0, 0.05) is 35.0 Å². The van der Waals surface area contributed by atoms with Crippen LogP contribution in [0.1, 0.15) is 22.2 Å². The van der Waals surface area contributed by atoms with Gasteiger partial charge in [-0.15, -0.1) is 22.7 Å². The lowest BCUT2D eigenvalue weighted by Crippen LogP contribution is -2.36. The Morgan fingerprint density at radius 1 is 1.24 bits per heavy atom. The minimum atomic E-state index is -0.313. The van der Waals surface area contributed by atoms with E-state index >= 15 is 0 Å². The molecular formula is C24H22FN3O2S3. The van der Waals surface area contributed by atoms with Gasteiger partial charge in [0.15, 0.2) is 5.16 Å². The third-order valence-electron chi connectivity index (χ3n) is 5.89. The van der Waals surface area contributed by atoms with Gasteiger partial charge in [0.2, 0.25) is 5.91 Å². The molecule has 170 valence electrons.